The van der Waals surface area contributed by atoms with Crippen molar-refractivity contribution in [1.29, 1.82) is 0 Å². The van der Waals surface area contributed by atoms with E-state index in [9.17, 15) is 14.7 Å². The second-order valence-corrected chi connectivity index (χ2v) is 9.01. The predicted octanol–water partition coefficient (Wildman–Crippen LogP) is 4.00. The minimum absolute atomic E-state index is 0.181. The van der Waals surface area contributed by atoms with Crippen LogP contribution in [0.15, 0.2) is 72.8 Å². The van der Waals surface area contributed by atoms with E-state index in [0.29, 0.717) is 0 Å². The maximum absolute atomic E-state index is 12.4. The highest BCUT2D eigenvalue weighted by molar-refractivity contribution is 8.00. The van der Waals surface area contributed by atoms with Gasteiger partial charge in [-0.2, -0.15) is 0 Å². The molecule has 1 amide bonds. The van der Waals surface area contributed by atoms with Gasteiger partial charge in [0.1, 0.15) is 11.8 Å². The molecule has 3 aromatic rings. The summed E-state index contributed by atoms with van der Waals surface area (Å²) in [6, 6.07) is 22.9. The third-order valence-electron chi connectivity index (χ3n) is 5.79. The number of thioether (sulfide) groups is 1. The average molecular weight is 448 g/mol. The van der Waals surface area contributed by atoms with Gasteiger partial charge in [-0.1, -0.05) is 66.7 Å². The number of carbonyl (C=O) groups is 2. The number of phenolic OH excluding ortho intramolecular Hbond substituents is 1. The van der Waals surface area contributed by atoms with Crippen molar-refractivity contribution in [2.45, 2.75) is 24.1 Å². The summed E-state index contributed by atoms with van der Waals surface area (Å²) in [5.74, 6) is -0.358. The molecule has 1 atom stereocenters. The second kappa shape index (κ2) is 9.09. The zero-order valence-corrected chi connectivity index (χ0v) is 18.8. The van der Waals surface area contributed by atoms with Crippen molar-refractivity contribution in [2.75, 3.05) is 12.9 Å². The van der Waals surface area contributed by atoms with Crippen LogP contribution in [0.4, 0.5) is 0 Å². The molecule has 0 fully saturated rings. The Morgan fingerprint density at radius 1 is 0.969 bits per heavy atom. The van der Waals surface area contributed by atoms with Gasteiger partial charge in [0.2, 0.25) is 5.91 Å². The number of carbonyl (C=O) groups excluding carboxylic acids is 2. The molecule has 164 valence electrons. The number of methoxy groups -OCH3 is 1. The summed E-state index contributed by atoms with van der Waals surface area (Å²) >= 11 is 1.52. The van der Waals surface area contributed by atoms with Crippen molar-refractivity contribution in [1.82, 2.24) is 5.32 Å². The molecule has 1 aliphatic carbocycles. The molecular weight excluding hydrogens is 422 g/mol. The Balaban J connectivity index is 1.92. The fourth-order valence-corrected chi connectivity index (χ4v) is 6.12. The Morgan fingerprint density at radius 2 is 1.50 bits per heavy atom. The van der Waals surface area contributed by atoms with Crippen molar-refractivity contribution in [3.05, 3.63) is 101 Å². The molecule has 4 rings (SSSR count). The third-order valence-corrected chi connectivity index (χ3v) is 7.38. The van der Waals surface area contributed by atoms with E-state index in [0.717, 1.165) is 34.2 Å². The number of aromatic hydroxyl groups is 1. The first-order valence-electron chi connectivity index (χ1n) is 10.4. The van der Waals surface area contributed by atoms with Crippen LogP contribution in [-0.2, 0) is 25.5 Å². The van der Waals surface area contributed by atoms with Crippen LogP contribution in [0.3, 0.4) is 0 Å². The van der Waals surface area contributed by atoms with Gasteiger partial charge in [-0.25, -0.2) is 4.79 Å². The lowest BCUT2D eigenvalue weighted by Crippen LogP contribution is -2.44. The summed E-state index contributed by atoms with van der Waals surface area (Å²) in [5.41, 5.74) is 5.21. The first-order chi connectivity index (χ1) is 15.5. The number of esters is 1. The van der Waals surface area contributed by atoms with Gasteiger partial charge in [-0.05, 0) is 34.7 Å². The Kier molecular flexibility index (Phi) is 6.24. The molecule has 0 saturated heterocycles. The molecule has 0 bridgehead atoms. The Morgan fingerprint density at radius 3 is 2.03 bits per heavy atom. The number of fused-ring (bicyclic) bond motifs is 2. The number of amides is 1. The molecule has 32 heavy (non-hydrogen) atoms. The zero-order chi connectivity index (χ0) is 22.7. The van der Waals surface area contributed by atoms with Crippen LogP contribution in [0.5, 0.6) is 5.75 Å². The zero-order valence-electron chi connectivity index (χ0n) is 18.0. The van der Waals surface area contributed by atoms with E-state index in [1.165, 1.54) is 25.8 Å². The summed E-state index contributed by atoms with van der Waals surface area (Å²) in [6.45, 7) is 1.38. The van der Waals surface area contributed by atoms with E-state index in [2.05, 4.69) is 29.6 Å². The highest BCUT2D eigenvalue weighted by Gasteiger charge is 2.45. The molecule has 3 aromatic carbocycles. The van der Waals surface area contributed by atoms with Crippen molar-refractivity contribution in [3.8, 4) is 5.75 Å². The standard InChI is InChI=1S/C26H25NO4S/c1-17(28)27-23(25(30)31-2)16-32-26(22-13-7-8-14-24(22)29)20-11-5-3-9-18(20)15-19-10-4-6-12-21(19)26/h3-14,23,29H,15-16H2,1-2H3,(H,27,28)/t23-/m0/s1. The van der Waals surface area contributed by atoms with Crippen LogP contribution in [-0.4, -0.2) is 35.9 Å². The third kappa shape index (κ3) is 3.86. The second-order valence-electron chi connectivity index (χ2n) is 7.78. The average Bonchev–Trinajstić information content (AvgIpc) is 2.80. The Bertz CT molecular complexity index is 1100. The van der Waals surface area contributed by atoms with Gasteiger partial charge < -0.3 is 15.2 Å². The first kappa shape index (κ1) is 22.0. The minimum atomic E-state index is -0.813. The van der Waals surface area contributed by atoms with Crippen molar-refractivity contribution in [2.24, 2.45) is 0 Å². The molecule has 1 aliphatic rings. The van der Waals surface area contributed by atoms with Crippen LogP contribution in [0.1, 0.15) is 34.7 Å². The summed E-state index contributed by atoms with van der Waals surface area (Å²) in [5, 5.41) is 13.7. The van der Waals surface area contributed by atoms with Crippen LogP contribution >= 0.6 is 11.8 Å². The maximum Gasteiger partial charge on any atom is 0.329 e. The summed E-state index contributed by atoms with van der Waals surface area (Å²) < 4.78 is 4.18. The van der Waals surface area contributed by atoms with E-state index in [1.807, 2.05) is 36.4 Å². The fourth-order valence-electron chi connectivity index (χ4n) is 4.45. The highest BCUT2D eigenvalue weighted by atomic mass is 32.2. The first-order valence-corrected chi connectivity index (χ1v) is 11.4. The van der Waals surface area contributed by atoms with Gasteiger partial charge >= 0.3 is 5.97 Å². The van der Waals surface area contributed by atoms with Crippen LogP contribution in [0.2, 0.25) is 0 Å². The largest absolute Gasteiger partial charge is 0.508 e. The van der Waals surface area contributed by atoms with E-state index >= 15 is 0 Å². The van der Waals surface area contributed by atoms with Crippen molar-refractivity contribution >= 4 is 23.6 Å². The number of rotatable bonds is 6. The van der Waals surface area contributed by atoms with Gasteiger partial charge in [-0.3, -0.25) is 4.79 Å². The predicted molar refractivity (Wildman–Crippen MR) is 126 cm³/mol. The number of nitrogens with one attached hydrogen (secondary N) is 1. The molecule has 0 unspecified atom stereocenters. The van der Waals surface area contributed by atoms with Crippen molar-refractivity contribution in [3.63, 3.8) is 0 Å². The lowest BCUT2D eigenvalue weighted by Gasteiger charge is -2.42. The summed E-state index contributed by atoms with van der Waals surface area (Å²) in [7, 11) is 1.31. The minimum Gasteiger partial charge on any atom is -0.508 e. The van der Waals surface area contributed by atoms with Gasteiger partial charge in [0.25, 0.3) is 0 Å². The summed E-state index contributed by atoms with van der Waals surface area (Å²) in [4.78, 5) is 24.2. The van der Waals surface area contributed by atoms with Gasteiger partial charge in [0, 0.05) is 18.2 Å². The van der Waals surface area contributed by atoms with Crippen molar-refractivity contribution < 1.29 is 19.4 Å². The molecule has 2 N–H and O–H groups in total. The van der Waals surface area contributed by atoms with Crippen LogP contribution < -0.4 is 5.32 Å². The molecular formula is C26H25NO4S. The Labute approximate surface area is 191 Å². The number of hydrogen-bond acceptors (Lipinski definition) is 5. The molecule has 6 heteroatoms. The molecule has 5 nitrogen and oxygen atoms in total. The quantitative estimate of drug-likeness (QED) is 0.559. The number of hydrogen-bond donors (Lipinski definition) is 2. The molecule has 0 radical (unpaired) electrons. The number of phenols is 1. The number of benzene rings is 3. The molecule has 0 saturated carbocycles. The molecule has 0 aliphatic heterocycles. The van der Waals surface area contributed by atoms with Gasteiger partial charge in [0.05, 0.1) is 11.9 Å². The molecule has 0 spiro atoms. The summed E-state index contributed by atoms with van der Waals surface area (Å²) in [6.07, 6.45) is 0.786. The van der Waals surface area contributed by atoms with Crippen LogP contribution in [0.25, 0.3) is 0 Å². The monoisotopic (exact) mass is 447 g/mol. The van der Waals surface area contributed by atoms with E-state index in [1.54, 1.807) is 12.1 Å². The SMILES string of the molecule is COC(=O)[C@H](CSC1(c2ccccc2O)c2ccccc2Cc2ccccc21)NC(C)=O. The normalized spacial score (nSPS) is 14.6. The van der Waals surface area contributed by atoms with E-state index < -0.39 is 16.8 Å². The molecule has 0 heterocycles. The highest BCUT2D eigenvalue weighted by Crippen LogP contribution is 2.55. The number of ether oxygens (including phenoxy) is 1. The van der Waals surface area contributed by atoms with Crippen LogP contribution in [0, 0.1) is 0 Å². The fraction of sp³-hybridized carbons (Fsp3) is 0.231. The maximum atomic E-state index is 12.4. The number of para-hydroxylation sites is 1. The Hall–Kier alpha value is -3.25. The smallest absolute Gasteiger partial charge is 0.329 e. The van der Waals surface area contributed by atoms with Gasteiger partial charge in [-0.15, -0.1) is 11.8 Å². The lowest BCUT2D eigenvalue weighted by molar-refractivity contribution is -0.144. The van der Waals surface area contributed by atoms with E-state index in [4.69, 9.17) is 4.74 Å². The van der Waals surface area contributed by atoms with E-state index in [-0.39, 0.29) is 17.4 Å². The topological polar surface area (TPSA) is 75.6 Å². The molecule has 0 aromatic heterocycles. The van der Waals surface area contributed by atoms with Gasteiger partial charge in [0.15, 0.2) is 0 Å². The lowest BCUT2D eigenvalue weighted by atomic mass is 9.74.